The van der Waals surface area contributed by atoms with Crippen LogP contribution in [0, 0.1) is 0 Å². The Morgan fingerprint density at radius 3 is 2.39 bits per heavy atom. The van der Waals surface area contributed by atoms with Gasteiger partial charge in [0.1, 0.15) is 0 Å². The fraction of sp³-hybridized carbons (Fsp3) is 0.619. The van der Waals surface area contributed by atoms with E-state index in [9.17, 15) is 0 Å². The van der Waals surface area contributed by atoms with Crippen LogP contribution < -0.4 is 0 Å². The monoisotopic (exact) mass is 318 g/mol. The van der Waals surface area contributed by atoms with Crippen molar-refractivity contribution in [2.45, 2.75) is 77.4 Å². The molecule has 0 radical (unpaired) electrons. The van der Waals surface area contributed by atoms with Crippen LogP contribution in [0.3, 0.4) is 0 Å². The maximum absolute atomic E-state index is 5.50. The highest BCUT2D eigenvalue weighted by atomic mass is 16.7. The van der Waals surface area contributed by atoms with Gasteiger partial charge in [0, 0.05) is 6.42 Å². The van der Waals surface area contributed by atoms with E-state index >= 15 is 0 Å². The molecule has 1 unspecified atom stereocenters. The molecule has 0 aromatic carbocycles. The zero-order valence-electron chi connectivity index (χ0n) is 14.8. The summed E-state index contributed by atoms with van der Waals surface area (Å²) in [5.74, 6) is 0. The Kier molecular flexibility index (Phi) is 13.4. The molecular formula is C21H34O2. The highest BCUT2D eigenvalue weighted by Gasteiger charge is 2.12. The minimum atomic E-state index is -0.0474. The number of rotatable bonds is 12. The van der Waals surface area contributed by atoms with Gasteiger partial charge < -0.3 is 9.47 Å². The van der Waals surface area contributed by atoms with E-state index in [2.05, 4.69) is 25.2 Å². The molecule has 0 aromatic rings. The predicted octanol–water partition coefficient (Wildman–Crippen LogP) is 6.46. The molecule has 1 aliphatic heterocycles. The van der Waals surface area contributed by atoms with Gasteiger partial charge in [0.15, 0.2) is 6.29 Å². The number of allylic oxidation sites excluding steroid dienone is 7. The van der Waals surface area contributed by atoms with Gasteiger partial charge in [-0.1, -0.05) is 75.5 Å². The molecular weight excluding hydrogens is 284 g/mol. The van der Waals surface area contributed by atoms with E-state index in [0.29, 0.717) is 0 Å². The zero-order chi connectivity index (χ0) is 16.4. The van der Waals surface area contributed by atoms with Crippen molar-refractivity contribution < 1.29 is 9.47 Å². The summed E-state index contributed by atoms with van der Waals surface area (Å²) in [6, 6.07) is 0. The Labute approximate surface area is 143 Å². The van der Waals surface area contributed by atoms with Crippen LogP contribution in [0.4, 0.5) is 0 Å². The second-order valence-corrected chi connectivity index (χ2v) is 6.02. The van der Waals surface area contributed by atoms with Crippen molar-refractivity contribution in [2.24, 2.45) is 0 Å². The molecule has 23 heavy (non-hydrogen) atoms. The third kappa shape index (κ3) is 12.9. The van der Waals surface area contributed by atoms with Crippen molar-refractivity contribution in [1.29, 1.82) is 0 Å². The standard InChI is InChI=1S/C21H34O2/c1-2-3-4-5-6-7-8-9-10-11-12-13-14-16-19-22-21-18-15-17-20-23-21/h9-14,16,19,21H,2-8,15,17-18,20H2,1H3. The molecule has 1 fully saturated rings. The minimum absolute atomic E-state index is 0.0474. The summed E-state index contributed by atoms with van der Waals surface area (Å²) in [5.41, 5.74) is 0. The van der Waals surface area contributed by atoms with Crippen LogP contribution in [0.1, 0.15) is 71.1 Å². The van der Waals surface area contributed by atoms with Crippen LogP contribution in [0.25, 0.3) is 0 Å². The van der Waals surface area contributed by atoms with Crippen molar-refractivity contribution in [3.8, 4) is 0 Å². The number of unbranched alkanes of at least 4 members (excludes halogenated alkanes) is 6. The summed E-state index contributed by atoms with van der Waals surface area (Å²) in [6.07, 6.45) is 28.8. The topological polar surface area (TPSA) is 18.5 Å². The second-order valence-electron chi connectivity index (χ2n) is 6.02. The van der Waals surface area contributed by atoms with E-state index in [-0.39, 0.29) is 6.29 Å². The van der Waals surface area contributed by atoms with Crippen LogP contribution in [-0.4, -0.2) is 12.9 Å². The van der Waals surface area contributed by atoms with Gasteiger partial charge in [-0.25, -0.2) is 0 Å². The summed E-state index contributed by atoms with van der Waals surface area (Å²) < 4.78 is 11.0. The van der Waals surface area contributed by atoms with E-state index in [0.717, 1.165) is 19.4 Å². The molecule has 0 saturated carbocycles. The first-order chi connectivity index (χ1) is 11.4. The number of ether oxygens (including phenoxy) is 2. The van der Waals surface area contributed by atoms with Crippen molar-refractivity contribution >= 4 is 0 Å². The fourth-order valence-corrected chi connectivity index (χ4v) is 2.47. The van der Waals surface area contributed by atoms with Gasteiger partial charge in [0.05, 0.1) is 12.9 Å². The van der Waals surface area contributed by atoms with Crippen LogP contribution >= 0.6 is 0 Å². The zero-order valence-corrected chi connectivity index (χ0v) is 14.8. The molecule has 0 spiro atoms. The quantitative estimate of drug-likeness (QED) is 0.233. The van der Waals surface area contributed by atoms with Gasteiger partial charge in [-0.2, -0.15) is 0 Å². The van der Waals surface area contributed by atoms with Gasteiger partial charge in [-0.15, -0.1) is 0 Å². The molecule has 1 saturated heterocycles. The third-order valence-corrected chi connectivity index (χ3v) is 3.86. The molecule has 2 heteroatoms. The Balaban J connectivity index is 1.94. The van der Waals surface area contributed by atoms with E-state index in [1.807, 2.05) is 24.3 Å². The normalized spacial score (nSPS) is 19.6. The molecule has 0 N–H and O–H groups in total. The van der Waals surface area contributed by atoms with Crippen LogP contribution in [0.15, 0.2) is 48.8 Å². The van der Waals surface area contributed by atoms with E-state index in [1.165, 1.54) is 51.4 Å². The Bertz CT molecular complexity index is 360. The largest absolute Gasteiger partial charge is 0.473 e. The van der Waals surface area contributed by atoms with Crippen LogP contribution in [0.2, 0.25) is 0 Å². The lowest BCUT2D eigenvalue weighted by molar-refractivity contribution is -0.129. The van der Waals surface area contributed by atoms with E-state index < -0.39 is 0 Å². The highest BCUT2D eigenvalue weighted by molar-refractivity contribution is 5.14. The average molecular weight is 319 g/mol. The summed E-state index contributed by atoms with van der Waals surface area (Å²) in [5, 5.41) is 0. The molecule has 2 nitrogen and oxygen atoms in total. The van der Waals surface area contributed by atoms with Gasteiger partial charge >= 0.3 is 0 Å². The van der Waals surface area contributed by atoms with Crippen molar-refractivity contribution in [2.75, 3.05) is 6.61 Å². The molecule has 0 aromatic heterocycles. The lowest BCUT2D eigenvalue weighted by atomic mass is 10.1. The van der Waals surface area contributed by atoms with Crippen LogP contribution in [0.5, 0.6) is 0 Å². The maximum atomic E-state index is 5.50. The van der Waals surface area contributed by atoms with Crippen molar-refractivity contribution in [1.82, 2.24) is 0 Å². The Hall–Kier alpha value is -1.28. The third-order valence-electron chi connectivity index (χ3n) is 3.86. The summed E-state index contributed by atoms with van der Waals surface area (Å²) in [6.45, 7) is 3.08. The number of hydrogen-bond donors (Lipinski definition) is 0. The molecule has 0 bridgehead atoms. The molecule has 1 atom stereocenters. The Morgan fingerprint density at radius 1 is 0.870 bits per heavy atom. The molecule has 1 heterocycles. The molecule has 1 rings (SSSR count). The smallest absolute Gasteiger partial charge is 0.198 e. The molecule has 1 aliphatic rings. The maximum Gasteiger partial charge on any atom is 0.198 e. The fourth-order valence-electron chi connectivity index (χ4n) is 2.47. The van der Waals surface area contributed by atoms with Gasteiger partial charge in [-0.3, -0.25) is 0 Å². The second kappa shape index (κ2) is 15.6. The van der Waals surface area contributed by atoms with Gasteiger partial charge in [0.25, 0.3) is 0 Å². The van der Waals surface area contributed by atoms with E-state index in [1.54, 1.807) is 6.26 Å². The SMILES string of the molecule is CCCCCCCCC=CC=CC=CC=COC1CCCCO1. The molecule has 130 valence electrons. The van der Waals surface area contributed by atoms with Crippen LogP contribution in [-0.2, 0) is 9.47 Å². The molecule has 0 amide bonds. The highest BCUT2D eigenvalue weighted by Crippen LogP contribution is 2.13. The van der Waals surface area contributed by atoms with Gasteiger partial charge in [-0.05, 0) is 31.8 Å². The summed E-state index contributed by atoms with van der Waals surface area (Å²) in [7, 11) is 0. The predicted molar refractivity (Wildman–Crippen MR) is 99.2 cm³/mol. The Morgan fingerprint density at radius 2 is 1.61 bits per heavy atom. The summed E-state index contributed by atoms with van der Waals surface area (Å²) in [4.78, 5) is 0. The lowest BCUT2D eigenvalue weighted by Gasteiger charge is -2.21. The number of hydrogen-bond acceptors (Lipinski definition) is 2. The van der Waals surface area contributed by atoms with Crippen molar-refractivity contribution in [3.05, 3.63) is 48.8 Å². The first-order valence-electron chi connectivity index (χ1n) is 9.35. The van der Waals surface area contributed by atoms with Crippen molar-refractivity contribution in [3.63, 3.8) is 0 Å². The summed E-state index contributed by atoms with van der Waals surface area (Å²) >= 11 is 0. The average Bonchev–Trinajstić information content (AvgIpc) is 2.59. The first kappa shape index (κ1) is 19.8. The van der Waals surface area contributed by atoms with Gasteiger partial charge in [0.2, 0.25) is 0 Å². The lowest BCUT2D eigenvalue weighted by Crippen LogP contribution is -2.19. The minimum Gasteiger partial charge on any atom is -0.473 e. The molecule has 0 aliphatic carbocycles. The first-order valence-corrected chi connectivity index (χ1v) is 9.35. The van der Waals surface area contributed by atoms with E-state index in [4.69, 9.17) is 9.47 Å².